The van der Waals surface area contributed by atoms with Gasteiger partial charge in [0.1, 0.15) is 12.4 Å². The molecule has 1 N–H and O–H groups in total. The Kier molecular flexibility index (Phi) is 3.90. The van der Waals surface area contributed by atoms with E-state index >= 15 is 0 Å². The highest BCUT2D eigenvalue weighted by Gasteiger charge is 2.23. The van der Waals surface area contributed by atoms with E-state index in [0.29, 0.717) is 32.3 Å². The van der Waals surface area contributed by atoms with Gasteiger partial charge >= 0.3 is 6.09 Å². The molecule has 0 fully saturated rings. The standard InChI is InChI=1S/C16H22N2O3/c1-3-20-16(19)18-6-4-12-8-14-15(9-13(12)5-7-18)21-10-11(2)17-14/h8-9,11,17H,3-7,10H2,1-2H3/t11-/m0/s1. The number of amides is 1. The minimum Gasteiger partial charge on any atom is -0.489 e. The smallest absolute Gasteiger partial charge is 0.409 e. The van der Waals surface area contributed by atoms with Crippen molar-refractivity contribution in [2.24, 2.45) is 0 Å². The summed E-state index contributed by atoms with van der Waals surface area (Å²) in [6.45, 7) is 6.47. The second-order valence-corrected chi connectivity index (χ2v) is 5.66. The molecule has 21 heavy (non-hydrogen) atoms. The van der Waals surface area contributed by atoms with E-state index in [4.69, 9.17) is 9.47 Å². The first kappa shape index (κ1) is 14.0. The quantitative estimate of drug-likeness (QED) is 0.863. The zero-order valence-electron chi connectivity index (χ0n) is 12.6. The molecule has 2 aliphatic heterocycles. The average Bonchev–Trinajstić information content (AvgIpc) is 2.67. The van der Waals surface area contributed by atoms with Crippen molar-refractivity contribution in [3.63, 3.8) is 0 Å². The molecular weight excluding hydrogens is 268 g/mol. The molecule has 2 aliphatic rings. The fraction of sp³-hybridized carbons (Fsp3) is 0.562. The van der Waals surface area contributed by atoms with Gasteiger partial charge in [0, 0.05) is 13.1 Å². The van der Waals surface area contributed by atoms with E-state index in [2.05, 4.69) is 24.4 Å². The van der Waals surface area contributed by atoms with Crippen LogP contribution in [0.1, 0.15) is 25.0 Å². The second kappa shape index (κ2) is 5.84. The monoisotopic (exact) mass is 290 g/mol. The predicted octanol–water partition coefficient (Wildman–Crippen LogP) is 2.44. The molecule has 2 heterocycles. The Morgan fingerprint density at radius 1 is 1.38 bits per heavy atom. The first-order valence-electron chi connectivity index (χ1n) is 7.64. The van der Waals surface area contributed by atoms with Crippen LogP contribution >= 0.6 is 0 Å². The van der Waals surface area contributed by atoms with Crippen molar-refractivity contribution >= 4 is 11.8 Å². The number of nitrogens with one attached hydrogen (secondary N) is 1. The maximum absolute atomic E-state index is 11.9. The number of fused-ring (bicyclic) bond motifs is 2. The third-order valence-corrected chi connectivity index (χ3v) is 4.02. The molecule has 0 bridgehead atoms. The van der Waals surface area contributed by atoms with Crippen molar-refractivity contribution in [1.29, 1.82) is 0 Å². The summed E-state index contributed by atoms with van der Waals surface area (Å²) >= 11 is 0. The molecule has 0 spiro atoms. The molecule has 114 valence electrons. The molecule has 0 radical (unpaired) electrons. The molecule has 0 aromatic heterocycles. The van der Waals surface area contributed by atoms with Gasteiger partial charge in [-0.05, 0) is 49.9 Å². The van der Waals surface area contributed by atoms with E-state index in [1.54, 1.807) is 4.90 Å². The molecule has 0 saturated heterocycles. The maximum Gasteiger partial charge on any atom is 0.409 e. The van der Waals surface area contributed by atoms with Gasteiger partial charge in [-0.1, -0.05) is 0 Å². The number of hydrogen-bond donors (Lipinski definition) is 1. The second-order valence-electron chi connectivity index (χ2n) is 5.66. The number of benzene rings is 1. The van der Waals surface area contributed by atoms with Crippen LogP contribution in [0.4, 0.5) is 10.5 Å². The largest absolute Gasteiger partial charge is 0.489 e. The summed E-state index contributed by atoms with van der Waals surface area (Å²) in [5.74, 6) is 0.927. The van der Waals surface area contributed by atoms with Crippen molar-refractivity contribution in [3.05, 3.63) is 23.3 Å². The van der Waals surface area contributed by atoms with Crippen LogP contribution in [-0.2, 0) is 17.6 Å². The summed E-state index contributed by atoms with van der Waals surface area (Å²) in [7, 11) is 0. The van der Waals surface area contributed by atoms with Gasteiger partial charge in [-0.3, -0.25) is 0 Å². The number of carbonyl (C=O) groups excluding carboxylic acids is 1. The first-order chi connectivity index (χ1) is 10.2. The summed E-state index contributed by atoms with van der Waals surface area (Å²) in [6, 6.07) is 4.63. The maximum atomic E-state index is 11.9. The lowest BCUT2D eigenvalue weighted by Gasteiger charge is -2.26. The number of hydrogen-bond acceptors (Lipinski definition) is 4. The van der Waals surface area contributed by atoms with E-state index < -0.39 is 0 Å². The Morgan fingerprint density at radius 2 is 2.10 bits per heavy atom. The highest BCUT2D eigenvalue weighted by atomic mass is 16.6. The van der Waals surface area contributed by atoms with Gasteiger partial charge in [0.15, 0.2) is 0 Å². The van der Waals surface area contributed by atoms with Crippen molar-refractivity contribution in [2.75, 3.05) is 31.6 Å². The fourth-order valence-electron chi connectivity index (χ4n) is 2.91. The van der Waals surface area contributed by atoms with Gasteiger partial charge in [0.25, 0.3) is 0 Å². The van der Waals surface area contributed by atoms with E-state index in [1.165, 1.54) is 11.1 Å². The molecule has 0 saturated carbocycles. The Labute approximate surface area is 125 Å². The van der Waals surface area contributed by atoms with Crippen LogP contribution < -0.4 is 10.1 Å². The predicted molar refractivity (Wildman–Crippen MR) is 81.0 cm³/mol. The van der Waals surface area contributed by atoms with E-state index in [9.17, 15) is 4.79 Å². The Morgan fingerprint density at radius 3 is 2.81 bits per heavy atom. The zero-order valence-corrected chi connectivity index (χ0v) is 12.6. The van der Waals surface area contributed by atoms with Crippen LogP contribution in [-0.4, -0.2) is 43.3 Å². The van der Waals surface area contributed by atoms with Crippen molar-refractivity contribution in [1.82, 2.24) is 4.90 Å². The van der Waals surface area contributed by atoms with Crippen LogP contribution in [0.15, 0.2) is 12.1 Å². The average molecular weight is 290 g/mol. The van der Waals surface area contributed by atoms with Crippen LogP contribution in [0.5, 0.6) is 5.75 Å². The van der Waals surface area contributed by atoms with Gasteiger partial charge in [0.05, 0.1) is 18.3 Å². The molecule has 3 rings (SSSR count). The van der Waals surface area contributed by atoms with Crippen LogP contribution in [0, 0.1) is 0 Å². The summed E-state index contributed by atoms with van der Waals surface area (Å²) in [4.78, 5) is 13.7. The van der Waals surface area contributed by atoms with Crippen LogP contribution in [0.25, 0.3) is 0 Å². The fourth-order valence-corrected chi connectivity index (χ4v) is 2.91. The molecule has 1 aromatic rings. The van der Waals surface area contributed by atoms with Crippen molar-refractivity contribution in [2.45, 2.75) is 32.7 Å². The highest BCUT2D eigenvalue weighted by molar-refractivity contribution is 5.68. The van der Waals surface area contributed by atoms with Crippen LogP contribution in [0.2, 0.25) is 0 Å². The van der Waals surface area contributed by atoms with E-state index in [-0.39, 0.29) is 6.09 Å². The molecule has 0 aliphatic carbocycles. The van der Waals surface area contributed by atoms with E-state index in [1.807, 2.05) is 6.92 Å². The number of rotatable bonds is 1. The van der Waals surface area contributed by atoms with Crippen LogP contribution in [0.3, 0.4) is 0 Å². The Hall–Kier alpha value is -1.91. The number of ether oxygens (including phenoxy) is 2. The summed E-state index contributed by atoms with van der Waals surface area (Å²) in [6.07, 6.45) is 1.50. The number of nitrogens with zero attached hydrogens (tertiary/aromatic N) is 1. The van der Waals surface area contributed by atoms with Gasteiger partial charge in [-0.2, -0.15) is 0 Å². The first-order valence-corrected chi connectivity index (χ1v) is 7.64. The van der Waals surface area contributed by atoms with Gasteiger partial charge in [0.2, 0.25) is 0 Å². The molecule has 5 nitrogen and oxygen atoms in total. The van der Waals surface area contributed by atoms with Crippen molar-refractivity contribution in [3.8, 4) is 5.75 Å². The molecule has 5 heteroatoms. The third kappa shape index (κ3) is 2.91. The topological polar surface area (TPSA) is 50.8 Å². The van der Waals surface area contributed by atoms with Gasteiger partial charge < -0.3 is 19.7 Å². The minimum absolute atomic E-state index is 0.210. The van der Waals surface area contributed by atoms with Crippen molar-refractivity contribution < 1.29 is 14.3 Å². The van der Waals surface area contributed by atoms with Gasteiger partial charge in [-0.15, -0.1) is 0 Å². The zero-order chi connectivity index (χ0) is 14.8. The molecule has 1 atom stereocenters. The minimum atomic E-state index is -0.210. The highest BCUT2D eigenvalue weighted by Crippen LogP contribution is 2.33. The molecular formula is C16H22N2O3. The third-order valence-electron chi connectivity index (χ3n) is 4.02. The summed E-state index contributed by atoms with van der Waals surface area (Å²) in [5, 5.41) is 3.45. The molecule has 1 amide bonds. The lowest BCUT2D eigenvalue weighted by Crippen LogP contribution is -2.33. The lowest BCUT2D eigenvalue weighted by atomic mass is 10.0. The molecule has 1 aromatic carbocycles. The number of anilines is 1. The number of carbonyl (C=O) groups is 1. The SMILES string of the molecule is CCOC(=O)N1CCc2cc3c(cc2CC1)OC[C@H](C)N3. The summed E-state index contributed by atoms with van der Waals surface area (Å²) in [5.41, 5.74) is 3.64. The normalized spacial score (nSPS) is 20.5. The summed E-state index contributed by atoms with van der Waals surface area (Å²) < 4.78 is 10.9. The Bertz CT molecular complexity index is 545. The van der Waals surface area contributed by atoms with Gasteiger partial charge in [-0.25, -0.2) is 4.79 Å². The molecule has 0 unspecified atom stereocenters. The lowest BCUT2D eigenvalue weighted by molar-refractivity contribution is 0.109. The Balaban J connectivity index is 1.78. The van der Waals surface area contributed by atoms with E-state index in [0.717, 1.165) is 24.3 Å².